The lowest BCUT2D eigenvalue weighted by Gasteiger charge is -2.38. The summed E-state index contributed by atoms with van der Waals surface area (Å²) < 4.78 is 19.3. The number of quaternary nitrogens is 1. The van der Waals surface area contributed by atoms with Crippen LogP contribution in [-0.4, -0.2) is 59.3 Å². The van der Waals surface area contributed by atoms with E-state index in [1.807, 2.05) is 20.8 Å². The summed E-state index contributed by atoms with van der Waals surface area (Å²) in [6.45, 7) is 20.1. The van der Waals surface area contributed by atoms with Crippen LogP contribution in [0.5, 0.6) is 0 Å². The van der Waals surface area contributed by atoms with Crippen molar-refractivity contribution in [2.24, 2.45) is 0 Å². The Hall–Kier alpha value is 0.347. The van der Waals surface area contributed by atoms with E-state index in [4.69, 9.17) is 13.3 Å². The molecule has 4 nitrogen and oxygen atoms in total. The number of rotatable bonds is 19. The Morgan fingerprint density at radius 2 is 1.04 bits per heavy atom. The van der Waals surface area contributed by atoms with Gasteiger partial charge in [0.05, 0.1) is 26.2 Å². The molecule has 0 aliphatic rings. The Morgan fingerprint density at radius 1 is 0.593 bits per heavy atom. The summed E-state index contributed by atoms with van der Waals surface area (Å²) in [7, 11) is -2.48. The molecule has 0 aliphatic carbocycles. The van der Waals surface area contributed by atoms with E-state index in [-0.39, 0.29) is 12.4 Å². The van der Waals surface area contributed by atoms with Crippen LogP contribution in [0.4, 0.5) is 0 Å². The Labute approximate surface area is 177 Å². The molecule has 6 heteroatoms. The van der Waals surface area contributed by atoms with Crippen LogP contribution in [0.3, 0.4) is 0 Å². The summed E-state index contributed by atoms with van der Waals surface area (Å²) in [5.41, 5.74) is 0. The largest absolute Gasteiger partial charge is 1.00 e. The van der Waals surface area contributed by atoms with Gasteiger partial charge in [0.1, 0.15) is 0 Å². The molecule has 0 N–H and O–H groups in total. The van der Waals surface area contributed by atoms with Gasteiger partial charge in [-0.25, -0.2) is 0 Å². The Balaban J connectivity index is 0. The minimum absolute atomic E-state index is 0. The first-order chi connectivity index (χ1) is 12.6. The summed E-state index contributed by atoms with van der Waals surface area (Å²) in [5.74, 6) is 0. The zero-order valence-corrected chi connectivity index (χ0v) is 20.9. The molecule has 0 bridgehead atoms. The van der Waals surface area contributed by atoms with Gasteiger partial charge in [-0.15, -0.1) is 0 Å². The van der Waals surface area contributed by atoms with E-state index in [1.165, 1.54) is 69.2 Å². The second-order valence-corrected chi connectivity index (χ2v) is 10.0. The molecule has 0 aromatic heterocycles. The normalized spacial score (nSPS) is 12.2. The quantitative estimate of drug-likeness (QED) is 0.181. The molecule has 0 aliphatic heterocycles. The van der Waals surface area contributed by atoms with Gasteiger partial charge in [0.25, 0.3) is 0 Å². The van der Waals surface area contributed by atoms with Crippen LogP contribution in [-0.2, 0) is 13.3 Å². The summed E-state index contributed by atoms with van der Waals surface area (Å²) in [6.07, 6.45) is 9.39. The van der Waals surface area contributed by atoms with Gasteiger partial charge in [-0.05, 0) is 47.5 Å². The van der Waals surface area contributed by atoms with E-state index in [0.717, 1.165) is 12.5 Å². The fourth-order valence-corrected chi connectivity index (χ4v) is 6.42. The molecular formula is C21H48ClNO3Si. The molecular weight excluding hydrogens is 378 g/mol. The van der Waals surface area contributed by atoms with Gasteiger partial charge in [-0.1, -0.05) is 32.6 Å². The Kier molecular flexibility index (Phi) is 20.1. The van der Waals surface area contributed by atoms with Gasteiger partial charge in [0.2, 0.25) is 0 Å². The van der Waals surface area contributed by atoms with Crippen LogP contribution < -0.4 is 12.4 Å². The van der Waals surface area contributed by atoms with Crippen LogP contribution in [0, 0.1) is 0 Å². The highest BCUT2D eigenvalue weighted by Crippen LogP contribution is 2.21. The van der Waals surface area contributed by atoms with Crippen molar-refractivity contribution in [1.29, 1.82) is 0 Å². The molecule has 0 unspecified atom stereocenters. The Bertz CT molecular complexity index is 301. The smallest absolute Gasteiger partial charge is 0.501 e. The maximum absolute atomic E-state index is 6.02. The van der Waals surface area contributed by atoms with E-state index < -0.39 is 8.80 Å². The topological polar surface area (TPSA) is 27.7 Å². The maximum atomic E-state index is 6.02. The second kappa shape index (κ2) is 18.4. The third-order valence-electron chi connectivity index (χ3n) is 5.54. The van der Waals surface area contributed by atoms with Gasteiger partial charge in [-0.3, -0.25) is 0 Å². The SMILES string of the molecule is CCCCCCCC[N+](CC)(CC)CCC[Si](OCC)(OCC)OCC.[Cl-]. The first kappa shape index (κ1) is 29.5. The van der Waals surface area contributed by atoms with Crippen LogP contribution in [0.25, 0.3) is 0 Å². The summed E-state index contributed by atoms with van der Waals surface area (Å²) in [5, 5.41) is 0. The predicted molar refractivity (Wildman–Crippen MR) is 115 cm³/mol. The van der Waals surface area contributed by atoms with Crippen molar-refractivity contribution in [3.05, 3.63) is 0 Å². The van der Waals surface area contributed by atoms with Gasteiger partial charge in [0.15, 0.2) is 0 Å². The molecule has 0 atom stereocenters. The average Bonchev–Trinajstić information content (AvgIpc) is 2.64. The van der Waals surface area contributed by atoms with Crippen molar-refractivity contribution in [2.45, 2.75) is 92.5 Å². The van der Waals surface area contributed by atoms with Crippen molar-refractivity contribution < 1.29 is 30.2 Å². The molecule has 0 aromatic rings. The molecule has 166 valence electrons. The summed E-state index contributed by atoms with van der Waals surface area (Å²) >= 11 is 0. The van der Waals surface area contributed by atoms with E-state index in [0.29, 0.717) is 19.8 Å². The molecule has 0 saturated carbocycles. The molecule has 0 heterocycles. The van der Waals surface area contributed by atoms with Crippen molar-refractivity contribution in [1.82, 2.24) is 0 Å². The monoisotopic (exact) mass is 425 g/mol. The van der Waals surface area contributed by atoms with E-state index in [1.54, 1.807) is 0 Å². The number of hydrogen-bond donors (Lipinski definition) is 0. The lowest BCUT2D eigenvalue weighted by molar-refractivity contribution is -0.925. The molecule has 0 radical (unpaired) electrons. The standard InChI is InChI=1S/C21H48NO3Si.ClH/c1-7-13-14-15-16-17-19-22(8-2,9-3)20-18-21-26(23-10-4,24-11-5)25-12-6;/h7-21H2,1-6H3;1H/q+1;/p-1. The average molecular weight is 426 g/mol. The molecule has 0 saturated heterocycles. The van der Waals surface area contributed by atoms with Crippen LogP contribution in [0.1, 0.15) is 86.5 Å². The van der Waals surface area contributed by atoms with Crippen molar-refractivity contribution >= 4 is 8.80 Å². The fraction of sp³-hybridized carbons (Fsp3) is 1.00. The second-order valence-electron chi connectivity index (χ2n) is 7.27. The number of hydrogen-bond acceptors (Lipinski definition) is 3. The lowest BCUT2D eigenvalue weighted by atomic mass is 10.1. The molecule has 0 rings (SSSR count). The Morgan fingerprint density at radius 3 is 1.48 bits per heavy atom. The number of unbranched alkanes of at least 4 members (excludes halogenated alkanes) is 5. The highest BCUT2D eigenvalue weighted by atomic mass is 35.5. The number of halogens is 1. The van der Waals surface area contributed by atoms with Gasteiger partial charge >= 0.3 is 8.80 Å². The molecule has 27 heavy (non-hydrogen) atoms. The molecule has 0 amide bonds. The van der Waals surface area contributed by atoms with Gasteiger partial charge < -0.3 is 30.2 Å². The third kappa shape index (κ3) is 12.5. The van der Waals surface area contributed by atoms with E-state index >= 15 is 0 Å². The van der Waals surface area contributed by atoms with Crippen molar-refractivity contribution in [2.75, 3.05) is 46.0 Å². The highest BCUT2D eigenvalue weighted by molar-refractivity contribution is 6.60. The maximum Gasteiger partial charge on any atom is 0.501 e. The first-order valence-electron chi connectivity index (χ1n) is 11.3. The van der Waals surface area contributed by atoms with Crippen molar-refractivity contribution in [3.63, 3.8) is 0 Å². The third-order valence-corrected chi connectivity index (χ3v) is 8.69. The van der Waals surface area contributed by atoms with Crippen LogP contribution in [0.15, 0.2) is 0 Å². The first-order valence-corrected chi connectivity index (χ1v) is 13.3. The van der Waals surface area contributed by atoms with E-state index in [9.17, 15) is 0 Å². The van der Waals surface area contributed by atoms with Crippen LogP contribution >= 0.6 is 0 Å². The molecule has 0 aromatic carbocycles. The minimum atomic E-state index is -2.48. The van der Waals surface area contributed by atoms with Gasteiger partial charge in [0, 0.05) is 32.3 Å². The number of nitrogens with zero attached hydrogens (tertiary/aromatic N) is 1. The lowest BCUT2D eigenvalue weighted by Crippen LogP contribution is -3.00. The van der Waals surface area contributed by atoms with Crippen molar-refractivity contribution in [3.8, 4) is 0 Å². The summed E-state index contributed by atoms with van der Waals surface area (Å²) in [4.78, 5) is 0. The molecule has 0 spiro atoms. The zero-order valence-electron chi connectivity index (χ0n) is 19.2. The predicted octanol–water partition coefficient (Wildman–Crippen LogP) is 2.65. The van der Waals surface area contributed by atoms with Gasteiger partial charge in [-0.2, -0.15) is 0 Å². The van der Waals surface area contributed by atoms with Crippen LogP contribution in [0.2, 0.25) is 6.04 Å². The van der Waals surface area contributed by atoms with E-state index in [2.05, 4.69) is 20.8 Å². The molecule has 0 fully saturated rings. The highest BCUT2D eigenvalue weighted by Gasteiger charge is 2.40. The zero-order chi connectivity index (χ0) is 19.7. The summed E-state index contributed by atoms with van der Waals surface area (Å²) in [6, 6.07) is 0.943. The fourth-order valence-electron chi connectivity index (χ4n) is 3.83. The minimum Gasteiger partial charge on any atom is -1.00 e.